The Kier molecular flexibility index (Phi) is 2.62. The van der Waals surface area contributed by atoms with E-state index in [1.165, 1.54) is 0 Å². The first-order chi connectivity index (χ1) is 8.58. The van der Waals surface area contributed by atoms with E-state index in [0.717, 1.165) is 25.7 Å². The molecule has 0 radical (unpaired) electrons. The van der Waals surface area contributed by atoms with Gasteiger partial charge in [0.1, 0.15) is 5.41 Å². The van der Waals surface area contributed by atoms with Crippen molar-refractivity contribution in [2.24, 2.45) is 5.41 Å². The van der Waals surface area contributed by atoms with Gasteiger partial charge in [0.15, 0.2) is 0 Å². The van der Waals surface area contributed by atoms with Gasteiger partial charge in [-0.1, -0.05) is 12.8 Å². The minimum Gasteiger partial charge on any atom is -0.480 e. The van der Waals surface area contributed by atoms with Crippen molar-refractivity contribution in [3.8, 4) is 0 Å². The van der Waals surface area contributed by atoms with Crippen LogP contribution in [0, 0.1) is 5.41 Å². The Bertz CT molecular complexity index is 382. The van der Waals surface area contributed by atoms with E-state index in [9.17, 15) is 14.7 Å². The van der Waals surface area contributed by atoms with Crippen LogP contribution in [0.4, 0.5) is 0 Å². The fourth-order valence-electron chi connectivity index (χ4n) is 3.29. The normalized spacial score (nSPS) is 28.3. The number of amides is 1. The Morgan fingerprint density at radius 2 is 1.78 bits per heavy atom. The van der Waals surface area contributed by atoms with Crippen LogP contribution < -0.4 is 0 Å². The molecule has 3 aliphatic rings. The standard InChI is InChI=1S/C13H19NO4/c15-10(13(5-6-13)11(16)17)14-7-8-18-12(9-14)3-1-2-4-12/h1-9H2,(H,16,17). The number of carboxylic acid groups (broad SMARTS) is 1. The summed E-state index contributed by atoms with van der Waals surface area (Å²) in [5.74, 6) is -1.15. The van der Waals surface area contributed by atoms with Crippen molar-refractivity contribution in [1.29, 1.82) is 0 Å². The zero-order chi connectivity index (χ0) is 12.8. The molecule has 1 amide bonds. The number of hydrogen-bond donors (Lipinski definition) is 1. The van der Waals surface area contributed by atoms with E-state index in [-0.39, 0.29) is 11.5 Å². The molecule has 0 atom stereocenters. The highest BCUT2D eigenvalue weighted by Gasteiger charge is 2.59. The molecule has 1 N–H and O–H groups in total. The quantitative estimate of drug-likeness (QED) is 0.746. The molecule has 3 rings (SSSR count). The maximum absolute atomic E-state index is 12.4. The predicted molar refractivity (Wildman–Crippen MR) is 63.0 cm³/mol. The monoisotopic (exact) mass is 253 g/mol. The van der Waals surface area contributed by atoms with E-state index in [1.807, 2.05) is 0 Å². The average molecular weight is 253 g/mol. The average Bonchev–Trinajstić information content (AvgIpc) is 3.07. The molecule has 18 heavy (non-hydrogen) atoms. The molecule has 1 aliphatic heterocycles. The first-order valence-corrected chi connectivity index (χ1v) is 6.75. The van der Waals surface area contributed by atoms with E-state index in [2.05, 4.69) is 0 Å². The van der Waals surface area contributed by atoms with E-state index in [0.29, 0.717) is 32.5 Å². The summed E-state index contributed by atoms with van der Waals surface area (Å²) in [5.41, 5.74) is -1.28. The van der Waals surface area contributed by atoms with E-state index in [1.54, 1.807) is 4.90 Å². The Morgan fingerprint density at radius 3 is 2.33 bits per heavy atom. The smallest absolute Gasteiger partial charge is 0.319 e. The fraction of sp³-hybridized carbons (Fsp3) is 0.846. The van der Waals surface area contributed by atoms with E-state index in [4.69, 9.17) is 4.74 Å². The third-order valence-corrected chi connectivity index (χ3v) is 4.62. The van der Waals surface area contributed by atoms with Gasteiger partial charge in [-0.25, -0.2) is 0 Å². The molecular weight excluding hydrogens is 234 g/mol. The number of rotatable bonds is 2. The van der Waals surface area contributed by atoms with E-state index < -0.39 is 11.4 Å². The largest absolute Gasteiger partial charge is 0.480 e. The highest BCUT2D eigenvalue weighted by Crippen LogP contribution is 2.48. The summed E-state index contributed by atoms with van der Waals surface area (Å²) in [6.45, 7) is 1.66. The van der Waals surface area contributed by atoms with Crippen LogP contribution in [0.2, 0.25) is 0 Å². The van der Waals surface area contributed by atoms with Crippen molar-refractivity contribution in [3.63, 3.8) is 0 Å². The van der Waals surface area contributed by atoms with Crippen LogP contribution in [0.5, 0.6) is 0 Å². The summed E-state index contributed by atoms with van der Waals surface area (Å²) in [6, 6.07) is 0. The summed E-state index contributed by atoms with van der Waals surface area (Å²) >= 11 is 0. The second-order valence-corrected chi connectivity index (χ2v) is 5.85. The first-order valence-electron chi connectivity index (χ1n) is 6.75. The molecule has 100 valence electrons. The lowest BCUT2D eigenvalue weighted by atomic mass is 9.97. The molecule has 5 heteroatoms. The van der Waals surface area contributed by atoms with Gasteiger partial charge in [-0.3, -0.25) is 9.59 Å². The summed E-state index contributed by atoms with van der Waals surface area (Å²) in [7, 11) is 0. The first kappa shape index (κ1) is 12.0. The van der Waals surface area contributed by atoms with Crippen LogP contribution in [0.25, 0.3) is 0 Å². The number of carbonyl (C=O) groups is 2. The fourth-order valence-corrected chi connectivity index (χ4v) is 3.29. The predicted octanol–water partition coefficient (Wildman–Crippen LogP) is 1.02. The summed E-state index contributed by atoms with van der Waals surface area (Å²) in [5, 5.41) is 9.18. The van der Waals surface area contributed by atoms with E-state index >= 15 is 0 Å². The molecule has 5 nitrogen and oxygen atoms in total. The van der Waals surface area contributed by atoms with Crippen LogP contribution >= 0.6 is 0 Å². The SMILES string of the molecule is O=C(O)C1(C(=O)N2CCOC3(CCCC3)C2)CC1. The molecule has 1 heterocycles. The highest BCUT2D eigenvalue weighted by molar-refractivity contribution is 6.04. The van der Waals surface area contributed by atoms with Crippen LogP contribution in [0.1, 0.15) is 38.5 Å². The topological polar surface area (TPSA) is 66.8 Å². The van der Waals surface area contributed by atoms with Crippen LogP contribution in [0.15, 0.2) is 0 Å². The number of ether oxygens (including phenoxy) is 1. The molecular formula is C13H19NO4. The van der Waals surface area contributed by atoms with Crippen molar-refractivity contribution in [3.05, 3.63) is 0 Å². The van der Waals surface area contributed by atoms with Crippen molar-refractivity contribution in [1.82, 2.24) is 4.90 Å². The lowest BCUT2D eigenvalue weighted by molar-refractivity contribution is -0.163. The number of carboxylic acids is 1. The maximum atomic E-state index is 12.4. The zero-order valence-corrected chi connectivity index (χ0v) is 10.5. The van der Waals surface area contributed by atoms with Crippen molar-refractivity contribution >= 4 is 11.9 Å². The number of nitrogens with zero attached hydrogens (tertiary/aromatic N) is 1. The minimum absolute atomic E-state index is 0.178. The second kappa shape index (κ2) is 3.95. The van der Waals surface area contributed by atoms with Crippen LogP contribution in [-0.4, -0.2) is 47.2 Å². The van der Waals surface area contributed by atoms with Gasteiger partial charge in [0, 0.05) is 13.1 Å². The molecule has 0 bridgehead atoms. The van der Waals surface area contributed by atoms with Gasteiger partial charge in [0.25, 0.3) is 0 Å². The molecule has 1 saturated heterocycles. The van der Waals surface area contributed by atoms with Gasteiger partial charge in [-0.2, -0.15) is 0 Å². The lowest BCUT2D eigenvalue weighted by Crippen LogP contribution is -2.55. The summed E-state index contributed by atoms with van der Waals surface area (Å²) in [6.07, 6.45) is 5.27. The molecule has 3 fully saturated rings. The van der Waals surface area contributed by atoms with Gasteiger partial charge >= 0.3 is 5.97 Å². The molecule has 0 aromatic heterocycles. The van der Waals surface area contributed by atoms with Gasteiger partial charge < -0.3 is 14.7 Å². The molecule has 0 unspecified atom stereocenters. The van der Waals surface area contributed by atoms with Crippen LogP contribution in [-0.2, 0) is 14.3 Å². The minimum atomic E-state index is -1.10. The molecule has 0 aromatic carbocycles. The zero-order valence-electron chi connectivity index (χ0n) is 10.5. The molecule has 1 spiro atoms. The van der Waals surface area contributed by atoms with Gasteiger partial charge in [0.05, 0.1) is 12.2 Å². The molecule has 2 aliphatic carbocycles. The second-order valence-electron chi connectivity index (χ2n) is 5.85. The number of aliphatic carboxylic acids is 1. The summed E-state index contributed by atoms with van der Waals surface area (Å²) < 4.78 is 5.86. The number of hydrogen-bond acceptors (Lipinski definition) is 3. The third-order valence-electron chi connectivity index (χ3n) is 4.62. The Hall–Kier alpha value is -1.10. The third kappa shape index (κ3) is 1.72. The van der Waals surface area contributed by atoms with Crippen LogP contribution in [0.3, 0.4) is 0 Å². The lowest BCUT2D eigenvalue weighted by Gasteiger charge is -2.41. The Balaban J connectivity index is 1.73. The Morgan fingerprint density at radius 1 is 1.11 bits per heavy atom. The maximum Gasteiger partial charge on any atom is 0.319 e. The number of carbonyl (C=O) groups excluding carboxylic acids is 1. The van der Waals surface area contributed by atoms with Crippen molar-refractivity contribution in [2.45, 2.75) is 44.1 Å². The molecule has 2 saturated carbocycles. The molecule has 0 aromatic rings. The van der Waals surface area contributed by atoms with Crippen molar-refractivity contribution < 1.29 is 19.4 Å². The van der Waals surface area contributed by atoms with Gasteiger partial charge in [0.2, 0.25) is 5.91 Å². The van der Waals surface area contributed by atoms with Crippen molar-refractivity contribution in [2.75, 3.05) is 19.7 Å². The van der Waals surface area contributed by atoms with Gasteiger partial charge in [-0.05, 0) is 25.7 Å². The number of morpholine rings is 1. The van der Waals surface area contributed by atoms with Gasteiger partial charge in [-0.15, -0.1) is 0 Å². The highest BCUT2D eigenvalue weighted by atomic mass is 16.5. The summed E-state index contributed by atoms with van der Waals surface area (Å²) in [4.78, 5) is 25.3. The Labute approximate surface area is 106 Å².